The Morgan fingerprint density at radius 1 is 1.20 bits per heavy atom. The highest BCUT2D eigenvalue weighted by Gasteiger charge is 2.28. The third-order valence-corrected chi connectivity index (χ3v) is 7.90. The van der Waals surface area contributed by atoms with Crippen LogP contribution < -0.4 is 27.7 Å². The lowest BCUT2D eigenvalue weighted by Crippen LogP contribution is -2.44. The lowest BCUT2D eigenvalue weighted by molar-refractivity contribution is 0.236. The SMILES string of the molecule is CNc1cc2[nH]c(=O)n(-c3c#cc(NC(=O)N(N)S(=O)(=O)c4ccc(C)s4)cc3)c(=O)c2cc1F. The lowest BCUT2D eigenvalue weighted by atomic mass is 10.2. The second kappa shape index (κ2) is 8.87. The number of aryl methyl sites for hydroxylation is 1. The van der Waals surface area contributed by atoms with Crippen molar-refractivity contribution in [1.82, 2.24) is 14.0 Å². The van der Waals surface area contributed by atoms with Crippen LogP contribution in [-0.2, 0) is 10.0 Å². The minimum absolute atomic E-state index is 0.0262. The third-order valence-electron chi connectivity index (χ3n) is 4.90. The quantitative estimate of drug-likeness (QED) is 0.179. The van der Waals surface area contributed by atoms with Crippen molar-refractivity contribution in [3.05, 3.63) is 80.1 Å². The average molecular weight is 517 g/mol. The number of carbonyl (C=O) groups is 1. The second-order valence-electron chi connectivity index (χ2n) is 7.18. The maximum Gasteiger partial charge on any atom is 0.351 e. The fraction of sp³-hybridized carbons (Fsp3) is 0.0952. The molecule has 2 heterocycles. The number of aromatic amines is 1. The second-order valence-corrected chi connectivity index (χ2v) is 10.5. The summed E-state index contributed by atoms with van der Waals surface area (Å²) < 4.78 is 39.8. The first kappa shape index (κ1) is 24.0. The smallest absolute Gasteiger partial charge is 0.351 e. The normalized spacial score (nSPS) is 11.2. The Labute approximate surface area is 201 Å². The van der Waals surface area contributed by atoms with E-state index in [9.17, 15) is 27.2 Å². The van der Waals surface area contributed by atoms with E-state index < -0.39 is 33.1 Å². The van der Waals surface area contributed by atoms with Gasteiger partial charge in [-0.05, 0) is 55.5 Å². The van der Waals surface area contributed by atoms with Crippen molar-refractivity contribution in [2.45, 2.75) is 11.1 Å². The van der Waals surface area contributed by atoms with Gasteiger partial charge in [0.05, 0.1) is 22.3 Å². The van der Waals surface area contributed by atoms with Gasteiger partial charge in [-0.2, -0.15) is 8.42 Å². The Balaban J connectivity index is 1.61. The van der Waals surface area contributed by atoms with E-state index in [1.165, 1.54) is 31.3 Å². The molecule has 180 valence electrons. The van der Waals surface area contributed by atoms with Gasteiger partial charge in [0, 0.05) is 11.9 Å². The van der Waals surface area contributed by atoms with Crippen molar-refractivity contribution in [1.29, 1.82) is 0 Å². The van der Waals surface area contributed by atoms with E-state index in [1.807, 2.05) is 0 Å². The summed E-state index contributed by atoms with van der Waals surface area (Å²) in [5.74, 6) is 4.84. The van der Waals surface area contributed by atoms with Crippen LogP contribution in [0, 0.1) is 24.9 Å². The molecule has 2 amide bonds. The van der Waals surface area contributed by atoms with Gasteiger partial charge >= 0.3 is 11.7 Å². The number of anilines is 2. The number of H-pyrrole nitrogens is 1. The monoisotopic (exact) mass is 516 g/mol. The van der Waals surface area contributed by atoms with Crippen LogP contribution in [0.1, 0.15) is 4.88 Å². The fourth-order valence-corrected chi connectivity index (χ4v) is 5.50. The van der Waals surface area contributed by atoms with E-state index in [0.29, 0.717) is 0 Å². The number of halogens is 1. The van der Waals surface area contributed by atoms with Crippen LogP contribution in [0.15, 0.2) is 50.2 Å². The van der Waals surface area contributed by atoms with Crippen molar-refractivity contribution in [3.8, 4) is 5.69 Å². The standard InChI is InChI=1S/C21H17FN6O5S2/c1-11-3-8-18(34-11)35(32,33)28(23)21(31)25-12-4-6-13(7-5-12)27-19(29)14-9-15(22)17(24-2)10-16(14)26-20(27)30/h3-4,6,8-10,24H,23H2,1-2H3,(H,25,31)(H,26,30). The lowest BCUT2D eigenvalue weighted by Gasteiger charge is -2.15. The van der Waals surface area contributed by atoms with Gasteiger partial charge in [-0.15, -0.1) is 15.8 Å². The number of hydrogen-bond acceptors (Lipinski definition) is 8. The molecule has 0 aliphatic heterocycles. The molecule has 0 unspecified atom stereocenters. The number of benzene rings is 1. The molecule has 14 heteroatoms. The zero-order valence-electron chi connectivity index (χ0n) is 18.2. The first-order valence-electron chi connectivity index (χ1n) is 9.81. The molecule has 0 atom stereocenters. The van der Waals surface area contributed by atoms with E-state index in [4.69, 9.17) is 5.84 Å². The first-order valence-corrected chi connectivity index (χ1v) is 12.1. The van der Waals surface area contributed by atoms with Crippen molar-refractivity contribution in [3.63, 3.8) is 0 Å². The predicted molar refractivity (Wildman–Crippen MR) is 129 cm³/mol. The molecule has 0 aliphatic carbocycles. The Kier molecular flexibility index (Phi) is 6.07. The maximum absolute atomic E-state index is 14.2. The van der Waals surface area contributed by atoms with E-state index in [0.717, 1.165) is 26.8 Å². The molecule has 2 aromatic heterocycles. The predicted octanol–water partition coefficient (Wildman–Crippen LogP) is 1.93. The Hall–Kier alpha value is -4.19. The summed E-state index contributed by atoms with van der Waals surface area (Å²) in [5, 5.41) is 4.80. The molecule has 0 saturated carbocycles. The highest BCUT2D eigenvalue weighted by Crippen LogP contribution is 2.23. The van der Waals surface area contributed by atoms with E-state index >= 15 is 0 Å². The van der Waals surface area contributed by atoms with Crippen LogP contribution in [0.4, 0.5) is 20.6 Å². The summed E-state index contributed by atoms with van der Waals surface area (Å²) >= 11 is 0.957. The van der Waals surface area contributed by atoms with Crippen LogP contribution in [-0.4, -0.2) is 35.5 Å². The summed E-state index contributed by atoms with van der Waals surface area (Å²) in [6, 6.07) is 11.7. The first-order chi connectivity index (χ1) is 16.5. The number of thiophene rings is 1. The average Bonchev–Trinajstić information content (AvgIpc) is 3.27. The molecule has 0 aliphatic rings. The van der Waals surface area contributed by atoms with Crippen LogP contribution in [0.25, 0.3) is 16.6 Å². The van der Waals surface area contributed by atoms with E-state index in [-0.39, 0.29) is 36.6 Å². The minimum Gasteiger partial charge on any atom is -0.386 e. The summed E-state index contributed by atoms with van der Waals surface area (Å²) in [4.78, 5) is 41.0. The van der Waals surface area contributed by atoms with Crippen LogP contribution in [0.5, 0.6) is 0 Å². The zero-order chi connectivity index (χ0) is 25.5. The molecule has 11 nitrogen and oxygen atoms in total. The number of sulfonamides is 1. The van der Waals surface area contributed by atoms with E-state index in [2.05, 4.69) is 27.8 Å². The largest absolute Gasteiger partial charge is 0.386 e. The minimum atomic E-state index is -4.26. The van der Waals surface area contributed by atoms with Crippen molar-refractivity contribution in [2.75, 3.05) is 17.7 Å². The van der Waals surface area contributed by atoms with E-state index in [1.54, 1.807) is 13.0 Å². The number of rotatable bonds is 5. The number of hydrazine groups is 1. The van der Waals surface area contributed by atoms with Crippen molar-refractivity contribution in [2.24, 2.45) is 5.84 Å². The van der Waals surface area contributed by atoms with Gasteiger partial charge in [0.15, 0.2) is 0 Å². The molecule has 0 bridgehead atoms. The number of aromatic nitrogens is 2. The molecule has 0 radical (unpaired) electrons. The van der Waals surface area contributed by atoms with Crippen LogP contribution in [0.2, 0.25) is 0 Å². The highest BCUT2D eigenvalue weighted by molar-refractivity contribution is 7.91. The highest BCUT2D eigenvalue weighted by atomic mass is 32.2. The van der Waals surface area contributed by atoms with Crippen molar-refractivity contribution < 1.29 is 17.6 Å². The summed E-state index contributed by atoms with van der Waals surface area (Å²) in [6.07, 6.45) is 0. The van der Waals surface area contributed by atoms with Gasteiger partial charge in [0.1, 0.15) is 15.7 Å². The molecule has 5 N–H and O–H groups in total. The van der Waals surface area contributed by atoms with Crippen LogP contribution >= 0.6 is 11.3 Å². The number of nitrogens with two attached hydrogens (primary N) is 1. The number of nitrogens with zero attached hydrogens (tertiary/aromatic N) is 2. The number of amides is 2. The van der Waals surface area contributed by atoms with Gasteiger partial charge in [0.2, 0.25) is 0 Å². The Morgan fingerprint density at radius 2 is 1.94 bits per heavy atom. The number of nitrogens with one attached hydrogen (secondary N) is 3. The zero-order valence-corrected chi connectivity index (χ0v) is 19.8. The Bertz CT molecular complexity index is 1680. The van der Waals surface area contributed by atoms with Gasteiger partial charge in [0.25, 0.3) is 15.6 Å². The molecule has 4 rings (SSSR count). The molecule has 2 aromatic carbocycles. The molecule has 35 heavy (non-hydrogen) atoms. The van der Waals surface area contributed by atoms with Gasteiger partial charge < -0.3 is 10.3 Å². The molecular formula is C21H17FN6O5S2. The molecular weight excluding hydrogens is 499 g/mol. The third kappa shape index (κ3) is 4.35. The topological polar surface area (TPSA) is 159 Å². The van der Waals surface area contributed by atoms with Gasteiger partial charge in [-0.1, -0.05) is 0 Å². The Morgan fingerprint density at radius 3 is 2.54 bits per heavy atom. The van der Waals surface area contributed by atoms with Crippen LogP contribution in [0.3, 0.4) is 0 Å². The molecule has 0 saturated heterocycles. The fourth-order valence-electron chi connectivity index (χ4n) is 3.16. The van der Waals surface area contributed by atoms with Gasteiger partial charge in [-0.25, -0.2) is 24.4 Å². The number of fused-ring (bicyclic) bond motifs is 1. The molecule has 0 fully saturated rings. The summed E-state index contributed by atoms with van der Waals surface area (Å²) in [6.45, 7) is 1.71. The molecule has 0 spiro atoms. The number of carbonyl (C=O) groups excluding carboxylic acids is 1. The van der Waals surface area contributed by atoms with Crippen molar-refractivity contribution >= 4 is 49.7 Å². The maximum atomic E-state index is 14.2. The number of hydrogen-bond donors (Lipinski definition) is 4. The summed E-state index contributed by atoms with van der Waals surface area (Å²) in [7, 11) is -2.76. The van der Waals surface area contributed by atoms with Gasteiger partial charge in [-0.3, -0.25) is 10.1 Å². The number of urea groups is 1. The summed E-state index contributed by atoms with van der Waals surface area (Å²) in [5.41, 5.74) is -1.42. The molecule has 4 aromatic rings.